The molecule has 1 saturated heterocycles. The number of fused-ring (bicyclic) bond motifs is 1. The van der Waals surface area contributed by atoms with Gasteiger partial charge in [-0.2, -0.15) is 0 Å². The zero-order valence-corrected chi connectivity index (χ0v) is 11.8. The van der Waals surface area contributed by atoms with E-state index in [0.29, 0.717) is 19.1 Å². The minimum atomic E-state index is -0.371. The molecule has 0 spiro atoms. The largest absolute Gasteiger partial charge is 0.338 e. The number of carbonyl (C=O) groups excluding carboxylic acids is 2. The Morgan fingerprint density at radius 1 is 1.16 bits per heavy atom. The Bertz CT molecular complexity index is 331. The van der Waals surface area contributed by atoms with E-state index >= 15 is 0 Å². The molecule has 3 N–H and O–H groups in total. The Labute approximate surface area is 115 Å². The predicted molar refractivity (Wildman–Crippen MR) is 72.9 cm³/mol. The molecule has 2 rings (SSSR count). The first kappa shape index (κ1) is 14.3. The van der Waals surface area contributed by atoms with E-state index < -0.39 is 0 Å². The van der Waals surface area contributed by atoms with E-state index in [1.54, 1.807) is 0 Å². The Morgan fingerprint density at radius 3 is 2.68 bits per heavy atom. The quantitative estimate of drug-likeness (QED) is 0.678. The van der Waals surface area contributed by atoms with Crippen molar-refractivity contribution >= 4 is 11.9 Å². The topological polar surface area (TPSA) is 62.6 Å². The van der Waals surface area contributed by atoms with E-state index in [1.807, 2.05) is 6.92 Å². The summed E-state index contributed by atoms with van der Waals surface area (Å²) >= 11 is 0. The van der Waals surface area contributed by atoms with Crippen LogP contribution in [-0.2, 0) is 4.79 Å². The van der Waals surface area contributed by atoms with Gasteiger partial charge in [0.1, 0.15) is 0 Å². The van der Waals surface area contributed by atoms with E-state index in [4.69, 9.17) is 0 Å². The van der Waals surface area contributed by atoms with Gasteiger partial charge in [0.05, 0.1) is 12.6 Å². The van der Waals surface area contributed by atoms with E-state index in [-0.39, 0.29) is 11.9 Å². The minimum absolute atomic E-state index is 0.146. The molecule has 0 aromatic heterocycles. The highest BCUT2D eigenvalue weighted by atomic mass is 16.2. The maximum Gasteiger partial charge on any atom is 0.321 e. The van der Waals surface area contributed by atoms with Crippen LogP contribution >= 0.6 is 0 Å². The molecular weight excluding hydrogens is 242 g/mol. The third kappa shape index (κ3) is 3.93. The van der Waals surface area contributed by atoms with Gasteiger partial charge in [0.2, 0.25) is 0 Å². The number of amides is 3. The molecule has 1 saturated carbocycles. The molecular formula is C14H26N3O2+. The van der Waals surface area contributed by atoms with Gasteiger partial charge < -0.3 is 10.2 Å². The van der Waals surface area contributed by atoms with E-state index in [2.05, 4.69) is 10.6 Å². The molecule has 0 aromatic rings. The van der Waals surface area contributed by atoms with Crippen LogP contribution in [0.2, 0.25) is 0 Å². The highest BCUT2D eigenvalue weighted by Crippen LogP contribution is 2.28. The number of rotatable bonds is 3. The molecule has 3 amide bonds. The number of hydrogen-bond donors (Lipinski definition) is 3. The van der Waals surface area contributed by atoms with Gasteiger partial charge in [-0.25, -0.2) is 4.79 Å². The number of likely N-dealkylation sites (tertiary alicyclic amines) is 1. The van der Waals surface area contributed by atoms with Gasteiger partial charge in [0.25, 0.3) is 5.91 Å². The molecule has 1 heterocycles. The molecule has 108 valence electrons. The zero-order chi connectivity index (χ0) is 13.7. The molecule has 0 radical (unpaired) electrons. The van der Waals surface area contributed by atoms with Gasteiger partial charge in [-0.1, -0.05) is 6.42 Å². The van der Waals surface area contributed by atoms with Gasteiger partial charge in [-0.3, -0.25) is 10.1 Å². The number of urea groups is 1. The fourth-order valence-corrected chi connectivity index (χ4v) is 3.67. The molecule has 19 heavy (non-hydrogen) atoms. The molecule has 1 aliphatic heterocycles. The maximum atomic E-state index is 11.9. The molecule has 5 heteroatoms. The molecule has 0 aromatic carbocycles. The molecule has 2 fully saturated rings. The second-order valence-electron chi connectivity index (χ2n) is 5.79. The highest BCUT2D eigenvalue weighted by Gasteiger charge is 2.37. The average Bonchev–Trinajstić information content (AvgIpc) is 2.39. The Balaban J connectivity index is 1.83. The molecule has 2 aliphatic rings. The van der Waals surface area contributed by atoms with Gasteiger partial charge >= 0.3 is 6.03 Å². The Morgan fingerprint density at radius 2 is 1.89 bits per heavy atom. The summed E-state index contributed by atoms with van der Waals surface area (Å²) in [4.78, 5) is 24.6. The minimum Gasteiger partial charge on any atom is -0.338 e. The lowest BCUT2D eigenvalue weighted by atomic mass is 9.78. The van der Waals surface area contributed by atoms with E-state index in [0.717, 1.165) is 12.5 Å². The summed E-state index contributed by atoms with van der Waals surface area (Å²) in [6, 6.07) is 0.270. The first-order valence-electron chi connectivity index (χ1n) is 7.63. The van der Waals surface area contributed by atoms with Crippen LogP contribution in [0.15, 0.2) is 0 Å². The van der Waals surface area contributed by atoms with Gasteiger partial charge in [-0.15, -0.1) is 0 Å². The van der Waals surface area contributed by atoms with Gasteiger partial charge in [0, 0.05) is 12.5 Å². The second kappa shape index (κ2) is 6.89. The normalized spacial score (nSPS) is 30.3. The number of imide groups is 1. The molecule has 1 aliphatic carbocycles. The molecule has 5 nitrogen and oxygen atoms in total. The lowest BCUT2D eigenvalue weighted by Gasteiger charge is -2.40. The van der Waals surface area contributed by atoms with Crippen LogP contribution in [0.5, 0.6) is 0 Å². The fraction of sp³-hybridized carbons (Fsp3) is 0.857. The van der Waals surface area contributed by atoms with Crippen LogP contribution in [0.25, 0.3) is 0 Å². The average molecular weight is 268 g/mol. The summed E-state index contributed by atoms with van der Waals surface area (Å²) in [6.07, 6.45) is 7.75. The second-order valence-corrected chi connectivity index (χ2v) is 5.79. The van der Waals surface area contributed by atoms with Crippen molar-refractivity contribution in [2.75, 3.05) is 19.6 Å². The van der Waals surface area contributed by atoms with Crippen LogP contribution in [-0.4, -0.2) is 37.6 Å². The van der Waals surface area contributed by atoms with Crippen molar-refractivity contribution in [1.29, 1.82) is 0 Å². The third-order valence-electron chi connectivity index (χ3n) is 4.48. The lowest BCUT2D eigenvalue weighted by molar-refractivity contribution is -0.928. The highest BCUT2D eigenvalue weighted by molar-refractivity contribution is 5.94. The molecule has 1 unspecified atom stereocenters. The number of quaternary nitrogens is 1. The van der Waals surface area contributed by atoms with Crippen molar-refractivity contribution in [2.45, 2.75) is 51.5 Å². The summed E-state index contributed by atoms with van der Waals surface area (Å²) in [5.74, 6) is 0.655. The monoisotopic (exact) mass is 268 g/mol. The standard InChI is InChI=1S/C14H25N3O2/c1-2-15-14(19)16-13(18)10-17-9-5-7-11-6-3-4-8-12(11)17/h11-12H,2-10H2,1H3,(H2,15,16,18,19)/p+1/t11-,12+/m1/s1. The number of hydrogen-bond acceptors (Lipinski definition) is 2. The van der Waals surface area contributed by atoms with Crippen LogP contribution < -0.4 is 15.5 Å². The van der Waals surface area contributed by atoms with Crippen molar-refractivity contribution in [3.8, 4) is 0 Å². The summed E-state index contributed by atoms with van der Waals surface area (Å²) in [7, 11) is 0. The van der Waals surface area contributed by atoms with Crippen molar-refractivity contribution in [3.05, 3.63) is 0 Å². The first-order valence-corrected chi connectivity index (χ1v) is 7.63. The SMILES string of the molecule is CCNC(=O)NC(=O)C[NH+]1CCC[C@H]2CCCC[C@@H]21. The van der Waals surface area contributed by atoms with Crippen LogP contribution in [0.1, 0.15) is 45.4 Å². The van der Waals surface area contributed by atoms with Gasteiger partial charge in [0.15, 0.2) is 6.54 Å². The van der Waals surface area contributed by atoms with E-state index in [9.17, 15) is 9.59 Å². The molecule has 0 bridgehead atoms. The zero-order valence-electron chi connectivity index (χ0n) is 11.8. The first-order chi connectivity index (χ1) is 9.20. The summed E-state index contributed by atoms with van der Waals surface area (Å²) in [6.45, 7) is 3.90. The van der Waals surface area contributed by atoms with Crippen molar-refractivity contribution in [3.63, 3.8) is 0 Å². The van der Waals surface area contributed by atoms with Crippen molar-refractivity contribution in [2.24, 2.45) is 5.92 Å². The lowest BCUT2D eigenvalue weighted by Crippen LogP contribution is -3.18. The summed E-state index contributed by atoms with van der Waals surface area (Å²) in [5, 5.41) is 5.00. The van der Waals surface area contributed by atoms with Crippen LogP contribution in [0.4, 0.5) is 4.79 Å². The Hall–Kier alpha value is -1.10. The number of nitrogens with one attached hydrogen (secondary N) is 3. The predicted octanol–water partition coefficient (Wildman–Crippen LogP) is 0.0696. The van der Waals surface area contributed by atoms with Crippen LogP contribution in [0.3, 0.4) is 0 Å². The van der Waals surface area contributed by atoms with Gasteiger partial charge in [-0.05, 0) is 39.0 Å². The summed E-state index contributed by atoms with van der Waals surface area (Å²) in [5.41, 5.74) is 0. The summed E-state index contributed by atoms with van der Waals surface area (Å²) < 4.78 is 0. The van der Waals surface area contributed by atoms with Crippen LogP contribution in [0, 0.1) is 5.92 Å². The number of carbonyl (C=O) groups is 2. The van der Waals surface area contributed by atoms with E-state index in [1.165, 1.54) is 43.4 Å². The fourth-order valence-electron chi connectivity index (χ4n) is 3.67. The Kier molecular flexibility index (Phi) is 5.19. The maximum absolute atomic E-state index is 11.9. The van der Waals surface area contributed by atoms with Crippen molar-refractivity contribution in [1.82, 2.24) is 10.6 Å². The molecule has 3 atom stereocenters. The van der Waals surface area contributed by atoms with Crippen molar-refractivity contribution < 1.29 is 14.5 Å². The smallest absolute Gasteiger partial charge is 0.321 e. The number of piperidine rings is 1. The third-order valence-corrected chi connectivity index (χ3v) is 4.48.